The molecule has 2 N–H and O–H groups in total. The van der Waals surface area contributed by atoms with Gasteiger partial charge in [0.15, 0.2) is 9.84 Å². The van der Waals surface area contributed by atoms with Crippen LogP contribution in [0.3, 0.4) is 0 Å². The third-order valence-corrected chi connectivity index (χ3v) is 6.60. The highest BCUT2D eigenvalue weighted by Gasteiger charge is 2.48. The normalized spacial score (nSPS) is 35.9. The van der Waals surface area contributed by atoms with Crippen molar-refractivity contribution in [1.29, 1.82) is 0 Å². The summed E-state index contributed by atoms with van der Waals surface area (Å²) in [5, 5.41) is 0. The quantitative estimate of drug-likeness (QED) is 0.803. The fourth-order valence-corrected chi connectivity index (χ4v) is 5.35. The summed E-state index contributed by atoms with van der Waals surface area (Å²) in [7, 11) is -2.89. The number of nitrogens with two attached hydrogens (primary N) is 1. The van der Waals surface area contributed by atoms with Gasteiger partial charge in [-0.1, -0.05) is 0 Å². The van der Waals surface area contributed by atoms with Gasteiger partial charge < -0.3 is 5.73 Å². The maximum atomic E-state index is 12.0. The summed E-state index contributed by atoms with van der Waals surface area (Å²) in [5.41, 5.74) is 5.77. The number of sulfone groups is 1. The molecule has 2 aliphatic carbocycles. The average molecular weight is 272 g/mol. The molecule has 0 bridgehead atoms. The number of nitrogens with zero attached hydrogens (tertiary/aromatic N) is 1. The predicted molar refractivity (Wildman–Crippen MR) is 72.1 cm³/mol. The van der Waals surface area contributed by atoms with Gasteiger partial charge in [0.25, 0.3) is 0 Å². The highest BCUT2D eigenvalue weighted by molar-refractivity contribution is 7.91. The van der Waals surface area contributed by atoms with Crippen LogP contribution in [0.5, 0.6) is 0 Å². The standard InChI is InChI=1S/C13H24N2O2S/c14-9-13(6-1-7-18(16,17)10-13)15(12-4-5-12)8-11-2-3-11/h11-12H,1-10,14H2. The van der Waals surface area contributed by atoms with Crippen LogP contribution in [0.15, 0.2) is 0 Å². The molecule has 3 rings (SSSR count). The SMILES string of the molecule is NCC1(N(CC2CC2)C2CC2)CCCS(=O)(=O)C1. The van der Waals surface area contributed by atoms with E-state index in [1.165, 1.54) is 25.7 Å². The van der Waals surface area contributed by atoms with Gasteiger partial charge in [-0.2, -0.15) is 0 Å². The minimum absolute atomic E-state index is 0.249. The molecule has 2 saturated carbocycles. The lowest BCUT2D eigenvalue weighted by Gasteiger charge is -2.46. The van der Waals surface area contributed by atoms with Crippen molar-refractivity contribution < 1.29 is 8.42 Å². The minimum Gasteiger partial charge on any atom is -0.329 e. The van der Waals surface area contributed by atoms with Crippen molar-refractivity contribution in [3.8, 4) is 0 Å². The first kappa shape index (κ1) is 12.9. The number of rotatable bonds is 5. The van der Waals surface area contributed by atoms with E-state index in [0.717, 1.165) is 25.3 Å². The summed E-state index contributed by atoms with van der Waals surface area (Å²) in [6.07, 6.45) is 6.84. The van der Waals surface area contributed by atoms with E-state index >= 15 is 0 Å². The zero-order chi connectivity index (χ0) is 12.8. The molecule has 4 nitrogen and oxygen atoms in total. The van der Waals surface area contributed by atoms with Crippen molar-refractivity contribution in [3.63, 3.8) is 0 Å². The number of hydrogen-bond donors (Lipinski definition) is 1. The first-order chi connectivity index (χ1) is 8.55. The second kappa shape index (κ2) is 4.46. The summed E-state index contributed by atoms with van der Waals surface area (Å²) >= 11 is 0. The van der Waals surface area contributed by atoms with Crippen molar-refractivity contribution in [2.45, 2.75) is 50.1 Å². The van der Waals surface area contributed by atoms with Crippen LogP contribution in [0.25, 0.3) is 0 Å². The lowest BCUT2D eigenvalue weighted by atomic mass is 9.92. The van der Waals surface area contributed by atoms with E-state index in [4.69, 9.17) is 5.73 Å². The third-order valence-electron chi connectivity index (χ3n) is 4.71. The monoisotopic (exact) mass is 272 g/mol. The summed E-state index contributed by atoms with van der Waals surface area (Å²) in [6.45, 7) is 1.58. The Morgan fingerprint density at radius 3 is 2.44 bits per heavy atom. The summed E-state index contributed by atoms with van der Waals surface area (Å²) in [4.78, 5) is 2.49. The van der Waals surface area contributed by atoms with E-state index in [9.17, 15) is 8.42 Å². The molecular formula is C13H24N2O2S. The lowest BCUT2D eigenvalue weighted by Crippen LogP contribution is -2.61. The van der Waals surface area contributed by atoms with Crippen LogP contribution in [0.2, 0.25) is 0 Å². The third kappa shape index (κ3) is 2.58. The van der Waals surface area contributed by atoms with Crippen LogP contribution in [0, 0.1) is 5.92 Å². The predicted octanol–water partition coefficient (Wildman–Crippen LogP) is 0.767. The molecule has 0 spiro atoms. The average Bonchev–Trinajstić information content (AvgIpc) is 3.15. The van der Waals surface area contributed by atoms with Gasteiger partial charge in [-0.05, 0) is 44.4 Å². The molecule has 104 valence electrons. The zero-order valence-electron chi connectivity index (χ0n) is 11.0. The maximum Gasteiger partial charge on any atom is 0.152 e. The molecule has 3 fully saturated rings. The second-order valence-electron chi connectivity index (χ2n) is 6.45. The van der Waals surface area contributed by atoms with E-state index in [-0.39, 0.29) is 5.54 Å². The highest BCUT2D eigenvalue weighted by Crippen LogP contribution is 2.41. The van der Waals surface area contributed by atoms with Gasteiger partial charge in [-0.15, -0.1) is 0 Å². The maximum absolute atomic E-state index is 12.0. The molecule has 1 atom stereocenters. The second-order valence-corrected chi connectivity index (χ2v) is 8.64. The molecule has 0 aromatic carbocycles. The van der Waals surface area contributed by atoms with Gasteiger partial charge >= 0.3 is 0 Å². The Morgan fingerprint density at radius 2 is 1.94 bits per heavy atom. The van der Waals surface area contributed by atoms with Gasteiger partial charge in [0.05, 0.1) is 11.5 Å². The molecule has 1 unspecified atom stereocenters. The van der Waals surface area contributed by atoms with Crippen LogP contribution in [0.1, 0.15) is 38.5 Å². The van der Waals surface area contributed by atoms with Gasteiger partial charge in [-0.25, -0.2) is 8.42 Å². The van der Waals surface area contributed by atoms with Gasteiger partial charge in [0.2, 0.25) is 0 Å². The molecule has 1 aliphatic heterocycles. The molecule has 1 heterocycles. The summed E-state index contributed by atoms with van der Waals surface area (Å²) in [6, 6.07) is 0.613. The van der Waals surface area contributed by atoms with Crippen molar-refractivity contribution >= 4 is 9.84 Å². The van der Waals surface area contributed by atoms with Crippen LogP contribution < -0.4 is 5.73 Å². The first-order valence-corrected chi connectivity index (χ1v) is 9.04. The Morgan fingerprint density at radius 1 is 1.22 bits per heavy atom. The summed E-state index contributed by atoms with van der Waals surface area (Å²) in [5.74, 6) is 1.45. The minimum atomic E-state index is -2.89. The van der Waals surface area contributed by atoms with Crippen LogP contribution in [-0.2, 0) is 9.84 Å². The first-order valence-electron chi connectivity index (χ1n) is 7.22. The Balaban J connectivity index is 1.82. The lowest BCUT2D eigenvalue weighted by molar-refractivity contribution is 0.0851. The molecule has 5 heteroatoms. The molecule has 0 aromatic rings. The fourth-order valence-electron chi connectivity index (χ4n) is 3.37. The van der Waals surface area contributed by atoms with Crippen molar-refractivity contribution in [3.05, 3.63) is 0 Å². The highest BCUT2D eigenvalue weighted by atomic mass is 32.2. The van der Waals surface area contributed by atoms with E-state index in [2.05, 4.69) is 4.90 Å². The largest absolute Gasteiger partial charge is 0.329 e. The van der Waals surface area contributed by atoms with Crippen molar-refractivity contribution in [1.82, 2.24) is 4.90 Å². The Hall–Kier alpha value is -0.130. The van der Waals surface area contributed by atoms with Crippen LogP contribution in [-0.4, -0.2) is 49.5 Å². The summed E-state index contributed by atoms with van der Waals surface area (Å²) < 4.78 is 24.0. The van der Waals surface area contributed by atoms with E-state index < -0.39 is 9.84 Å². The smallest absolute Gasteiger partial charge is 0.152 e. The zero-order valence-corrected chi connectivity index (χ0v) is 11.8. The van der Waals surface area contributed by atoms with Gasteiger partial charge in [0, 0.05) is 24.7 Å². The van der Waals surface area contributed by atoms with E-state index in [1.807, 2.05) is 0 Å². The number of hydrogen-bond acceptors (Lipinski definition) is 4. The fraction of sp³-hybridized carbons (Fsp3) is 1.00. The molecule has 0 amide bonds. The topological polar surface area (TPSA) is 63.4 Å². The van der Waals surface area contributed by atoms with Crippen LogP contribution in [0.4, 0.5) is 0 Å². The molecule has 1 saturated heterocycles. The molecule has 18 heavy (non-hydrogen) atoms. The molecular weight excluding hydrogens is 248 g/mol. The molecule has 3 aliphatic rings. The van der Waals surface area contributed by atoms with Gasteiger partial charge in [0.1, 0.15) is 0 Å². The van der Waals surface area contributed by atoms with E-state index in [0.29, 0.717) is 24.1 Å². The van der Waals surface area contributed by atoms with Gasteiger partial charge in [-0.3, -0.25) is 4.90 Å². The molecule has 0 aromatic heterocycles. The Bertz CT molecular complexity index is 415. The van der Waals surface area contributed by atoms with Crippen molar-refractivity contribution in [2.24, 2.45) is 11.7 Å². The Kier molecular flexibility index (Phi) is 3.19. The molecule has 0 radical (unpaired) electrons. The Labute approximate surface area is 110 Å². The van der Waals surface area contributed by atoms with E-state index in [1.54, 1.807) is 0 Å². The van der Waals surface area contributed by atoms with Crippen LogP contribution >= 0.6 is 0 Å². The van der Waals surface area contributed by atoms with Crippen molar-refractivity contribution in [2.75, 3.05) is 24.6 Å².